The Kier molecular flexibility index (Phi) is 7.88. The fraction of sp³-hybridized carbons (Fsp3) is 0.786. The Bertz CT molecular complexity index is 261. The third kappa shape index (κ3) is 7.16. The second-order valence-electron chi connectivity index (χ2n) is 4.99. The van der Waals surface area contributed by atoms with Crippen LogP contribution in [0.1, 0.15) is 65.7 Å². The molecule has 1 unspecified atom stereocenters. The molecule has 0 spiro atoms. The lowest BCUT2D eigenvalue weighted by molar-refractivity contribution is -0.114. The van der Waals surface area contributed by atoms with Crippen molar-refractivity contribution in [1.29, 1.82) is 0 Å². The fourth-order valence-corrected chi connectivity index (χ4v) is 1.98. The Balaban J connectivity index is 4.58. The SMILES string of the molecule is CCCCCC(N)(C=C(C)C(N)=O)CCCC. The van der Waals surface area contributed by atoms with Gasteiger partial charge in [0.25, 0.3) is 0 Å². The first-order valence-electron chi connectivity index (χ1n) is 6.73. The summed E-state index contributed by atoms with van der Waals surface area (Å²) in [7, 11) is 0. The Morgan fingerprint density at radius 3 is 2.12 bits per heavy atom. The summed E-state index contributed by atoms with van der Waals surface area (Å²) in [5, 5.41) is 0. The number of hydrogen-bond donors (Lipinski definition) is 2. The number of carbonyl (C=O) groups is 1. The number of rotatable bonds is 9. The molecule has 0 fully saturated rings. The van der Waals surface area contributed by atoms with Gasteiger partial charge in [0.2, 0.25) is 5.91 Å². The first-order valence-corrected chi connectivity index (χ1v) is 6.73. The van der Waals surface area contributed by atoms with Crippen LogP contribution < -0.4 is 11.5 Å². The molecule has 0 rings (SSSR count). The Morgan fingerprint density at radius 1 is 1.12 bits per heavy atom. The van der Waals surface area contributed by atoms with Crippen LogP contribution in [0.25, 0.3) is 0 Å². The Hall–Kier alpha value is -0.830. The summed E-state index contributed by atoms with van der Waals surface area (Å²) in [5.41, 5.74) is 11.9. The van der Waals surface area contributed by atoms with E-state index < -0.39 is 0 Å². The molecule has 0 aliphatic rings. The van der Waals surface area contributed by atoms with E-state index >= 15 is 0 Å². The van der Waals surface area contributed by atoms with Gasteiger partial charge in [-0.25, -0.2) is 0 Å². The van der Waals surface area contributed by atoms with Crippen LogP contribution in [-0.2, 0) is 4.79 Å². The minimum atomic E-state index is -0.369. The third-order valence-electron chi connectivity index (χ3n) is 3.13. The van der Waals surface area contributed by atoms with E-state index in [9.17, 15) is 4.79 Å². The molecule has 0 saturated carbocycles. The molecule has 0 radical (unpaired) electrons. The standard InChI is InChI=1S/C14H28N2O/c1-4-6-8-10-14(16,9-7-5-2)11-12(3)13(15)17/h11H,4-10,16H2,1-3H3,(H2,15,17). The van der Waals surface area contributed by atoms with Crippen molar-refractivity contribution in [2.24, 2.45) is 11.5 Å². The van der Waals surface area contributed by atoms with Crippen molar-refractivity contribution in [3.05, 3.63) is 11.6 Å². The lowest BCUT2D eigenvalue weighted by Gasteiger charge is -2.27. The average Bonchev–Trinajstić information content (AvgIpc) is 2.26. The van der Waals surface area contributed by atoms with Gasteiger partial charge in [0, 0.05) is 11.1 Å². The summed E-state index contributed by atoms with van der Waals surface area (Å²) in [4.78, 5) is 11.1. The zero-order valence-corrected chi connectivity index (χ0v) is 11.6. The van der Waals surface area contributed by atoms with Gasteiger partial charge in [0.15, 0.2) is 0 Å². The van der Waals surface area contributed by atoms with Gasteiger partial charge >= 0.3 is 0 Å². The fourth-order valence-electron chi connectivity index (χ4n) is 1.98. The number of nitrogens with two attached hydrogens (primary N) is 2. The molecule has 0 aliphatic carbocycles. The first-order chi connectivity index (χ1) is 7.95. The average molecular weight is 240 g/mol. The van der Waals surface area contributed by atoms with Gasteiger partial charge in [-0.2, -0.15) is 0 Å². The van der Waals surface area contributed by atoms with Crippen LogP contribution in [0, 0.1) is 0 Å². The zero-order chi connectivity index (χ0) is 13.3. The number of carbonyl (C=O) groups excluding carboxylic acids is 1. The monoisotopic (exact) mass is 240 g/mol. The maximum atomic E-state index is 11.1. The van der Waals surface area contributed by atoms with Crippen LogP contribution in [0.5, 0.6) is 0 Å². The summed E-state index contributed by atoms with van der Waals surface area (Å²) >= 11 is 0. The molecule has 4 N–H and O–H groups in total. The molecular weight excluding hydrogens is 212 g/mol. The molecule has 3 nitrogen and oxygen atoms in total. The van der Waals surface area contributed by atoms with E-state index in [2.05, 4.69) is 13.8 Å². The molecule has 100 valence electrons. The van der Waals surface area contributed by atoms with Crippen LogP contribution in [0.15, 0.2) is 11.6 Å². The van der Waals surface area contributed by atoms with E-state index in [1.807, 2.05) is 6.08 Å². The van der Waals surface area contributed by atoms with Crippen LogP contribution in [0.3, 0.4) is 0 Å². The summed E-state index contributed by atoms with van der Waals surface area (Å²) in [6.45, 7) is 6.07. The number of unbranched alkanes of at least 4 members (excludes halogenated alkanes) is 3. The number of hydrogen-bond acceptors (Lipinski definition) is 2. The van der Waals surface area contributed by atoms with Gasteiger partial charge in [0.1, 0.15) is 0 Å². The van der Waals surface area contributed by atoms with Crippen molar-refractivity contribution in [1.82, 2.24) is 0 Å². The maximum Gasteiger partial charge on any atom is 0.244 e. The van der Waals surface area contributed by atoms with E-state index in [-0.39, 0.29) is 11.4 Å². The second-order valence-corrected chi connectivity index (χ2v) is 4.99. The third-order valence-corrected chi connectivity index (χ3v) is 3.13. The summed E-state index contributed by atoms with van der Waals surface area (Å²) in [6, 6.07) is 0. The highest BCUT2D eigenvalue weighted by Crippen LogP contribution is 2.22. The van der Waals surface area contributed by atoms with Gasteiger partial charge in [-0.05, 0) is 19.8 Å². The van der Waals surface area contributed by atoms with Crippen molar-refractivity contribution in [3.63, 3.8) is 0 Å². The molecule has 0 aromatic heterocycles. The Labute approximate surface area is 106 Å². The normalized spacial score (nSPS) is 15.6. The molecule has 0 aromatic carbocycles. The molecule has 0 saturated heterocycles. The molecule has 1 atom stereocenters. The predicted molar refractivity (Wildman–Crippen MR) is 73.5 cm³/mol. The van der Waals surface area contributed by atoms with Crippen LogP contribution in [0.2, 0.25) is 0 Å². The smallest absolute Gasteiger partial charge is 0.244 e. The van der Waals surface area contributed by atoms with Crippen LogP contribution in [-0.4, -0.2) is 11.4 Å². The van der Waals surface area contributed by atoms with Crippen molar-refractivity contribution < 1.29 is 4.79 Å². The molecule has 0 aliphatic heterocycles. The van der Waals surface area contributed by atoms with E-state index in [1.54, 1.807) is 6.92 Å². The summed E-state index contributed by atoms with van der Waals surface area (Å²) in [6.07, 6.45) is 9.43. The van der Waals surface area contributed by atoms with Gasteiger partial charge in [-0.3, -0.25) is 4.79 Å². The molecule has 0 heterocycles. The maximum absolute atomic E-state index is 11.1. The highest BCUT2D eigenvalue weighted by Gasteiger charge is 2.22. The lowest BCUT2D eigenvalue weighted by Crippen LogP contribution is -2.38. The topological polar surface area (TPSA) is 69.1 Å². The molecule has 0 bridgehead atoms. The van der Waals surface area contributed by atoms with Crippen molar-refractivity contribution in [3.8, 4) is 0 Å². The Morgan fingerprint density at radius 2 is 1.65 bits per heavy atom. The molecule has 0 aromatic rings. The van der Waals surface area contributed by atoms with Gasteiger partial charge in [-0.1, -0.05) is 52.0 Å². The van der Waals surface area contributed by atoms with Crippen molar-refractivity contribution >= 4 is 5.91 Å². The highest BCUT2D eigenvalue weighted by molar-refractivity contribution is 5.91. The summed E-state index contributed by atoms with van der Waals surface area (Å²) in [5.74, 6) is -0.369. The minimum Gasteiger partial charge on any atom is -0.366 e. The van der Waals surface area contributed by atoms with Gasteiger partial charge < -0.3 is 11.5 Å². The largest absolute Gasteiger partial charge is 0.366 e. The van der Waals surface area contributed by atoms with Crippen molar-refractivity contribution in [2.75, 3.05) is 0 Å². The first kappa shape index (κ1) is 16.2. The van der Waals surface area contributed by atoms with E-state index in [0.717, 1.165) is 32.1 Å². The zero-order valence-electron chi connectivity index (χ0n) is 11.6. The quantitative estimate of drug-likeness (QED) is 0.480. The van der Waals surface area contributed by atoms with Crippen LogP contribution in [0.4, 0.5) is 0 Å². The van der Waals surface area contributed by atoms with Crippen LogP contribution >= 0.6 is 0 Å². The molecule has 1 amide bonds. The molecule has 3 heteroatoms. The number of primary amides is 1. The van der Waals surface area contributed by atoms with E-state index in [4.69, 9.17) is 11.5 Å². The van der Waals surface area contributed by atoms with Crippen molar-refractivity contribution in [2.45, 2.75) is 71.3 Å². The number of amides is 1. The van der Waals surface area contributed by atoms with E-state index in [1.165, 1.54) is 12.8 Å². The summed E-state index contributed by atoms with van der Waals surface area (Å²) < 4.78 is 0. The van der Waals surface area contributed by atoms with Gasteiger partial charge in [0.05, 0.1) is 0 Å². The predicted octanol–water partition coefficient (Wildman–Crippen LogP) is 2.89. The second kappa shape index (κ2) is 8.29. The molecular formula is C14H28N2O. The minimum absolute atomic E-state index is 0.357. The lowest BCUT2D eigenvalue weighted by atomic mass is 9.86. The van der Waals surface area contributed by atoms with Gasteiger partial charge in [-0.15, -0.1) is 0 Å². The van der Waals surface area contributed by atoms with E-state index in [0.29, 0.717) is 5.57 Å². The molecule has 17 heavy (non-hydrogen) atoms. The highest BCUT2D eigenvalue weighted by atomic mass is 16.1.